The van der Waals surface area contributed by atoms with E-state index in [1.807, 2.05) is 11.1 Å². The van der Waals surface area contributed by atoms with Crippen LogP contribution in [0.25, 0.3) is 0 Å². The van der Waals surface area contributed by atoms with Crippen LogP contribution in [-0.4, -0.2) is 65.1 Å². The molecule has 0 spiro atoms. The Labute approximate surface area is 188 Å². The van der Waals surface area contributed by atoms with Crippen molar-refractivity contribution < 1.29 is 9.53 Å². The number of nitrogens with one attached hydrogen (secondary N) is 1. The SMILES string of the molecule is C=CC(=O)N1CCC(Cc2cc(CN3CCOCC3)cc(Nc3ncc(C)s3)n2)CC1. The topological polar surface area (TPSA) is 70.6 Å². The molecular formula is C23H31N5O2S. The molecule has 2 aromatic rings. The molecule has 2 aromatic heterocycles. The van der Waals surface area contributed by atoms with Gasteiger partial charge in [-0.1, -0.05) is 6.58 Å². The number of ether oxygens (including phenoxy) is 1. The molecule has 4 rings (SSSR count). The van der Waals surface area contributed by atoms with Crippen LogP contribution in [0, 0.1) is 12.8 Å². The summed E-state index contributed by atoms with van der Waals surface area (Å²) in [5.41, 5.74) is 2.37. The van der Waals surface area contributed by atoms with Gasteiger partial charge < -0.3 is 15.0 Å². The zero-order valence-electron chi connectivity index (χ0n) is 18.2. The molecule has 2 fully saturated rings. The molecule has 0 aliphatic carbocycles. The summed E-state index contributed by atoms with van der Waals surface area (Å²) in [7, 11) is 0. The average Bonchev–Trinajstić information content (AvgIpc) is 3.18. The number of hydrogen-bond acceptors (Lipinski definition) is 7. The highest BCUT2D eigenvalue weighted by atomic mass is 32.1. The molecule has 2 aliphatic heterocycles. The number of aromatic nitrogens is 2. The maximum Gasteiger partial charge on any atom is 0.245 e. The Kier molecular flexibility index (Phi) is 7.32. The van der Waals surface area contributed by atoms with Crippen molar-refractivity contribution in [2.24, 2.45) is 5.92 Å². The van der Waals surface area contributed by atoms with Crippen LogP contribution in [0.4, 0.5) is 10.9 Å². The highest BCUT2D eigenvalue weighted by molar-refractivity contribution is 7.15. The third kappa shape index (κ3) is 6.12. The number of nitrogens with zero attached hydrogens (tertiary/aromatic N) is 4. The van der Waals surface area contributed by atoms with Crippen LogP contribution in [-0.2, 0) is 22.5 Å². The average molecular weight is 442 g/mol. The maximum atomic E-state index is 11.9. The summed E-state index contributed by atoms with van der Waals surface area (Å²) >= 11 is 1.64. The monoisotopic (exact) mass is 441 g/mol. The van der Waals surface area contributed by atoms with Crippen LogP contribution in [0.15, 0.2) is 31.0 Å². The van der Waals surface area contributed by atoms with Gasteiger partial charge in [-0.15, -0.1) is 11.3 Å². The normalized spacial score (nSPS) is 18.2. The molecular weight excluding hydrogens is 410 g/mol. The largest absolute Gasteiger partial charge is 0.379 e. The minimum absolute atomic E-state index is 0.0364. The van der Waals surface area contributed by atoms with Crippen molar-refractivity contribution >= 4 is 28.2 Å². The molecule has 0 atom stereocenters. The van der Waals surface area contributed by atoms with Crippen molar-refractivity contribution in [1.29, 1.82) is 0 Å². The molecule has 166 valence electrons. The van der Waals surface area contributed by atoms with Gasteiger partial charge in [-0.25, -0.2) is 9.97 Å². The Hall–Kier alpha value is -2.29. The Morgan fingerprint density at radius 3 is 2.74 bits per heavy atom. The summed E-state index contributed by atoms with van der Waals surface area (Å²) in [6.45, 7) is 11.7. The van der Waals surface area contributed by atoms with E-state index in [-0.39, 0.29) is 5.91 Å². The van der Waals surface area contributed by atoms with Gasteiger partial charge in [0.15, 0.2) is 5.13 Å². The lowest BCUT2D eigenvalue weighted by molar-refractivity contribution is -0.127. The molecule has 1 N–H and O–H groups in total. The van der Waals surface area contributed by atoms with Crippen molar-refractivity contribution in [1.82, 2.24) is 19.8 Å². The Bertz CT molecular complexity index is 901. The second-order valence-corrected chi connectivity index (χ2v) is 9.55. The highest BCUT2D eigenvalue weighted by Gasteiger charge is 2.22. The van der Waals surface area contributed by atoms with E-state index < -0.39 is 0 Å². The summed E-state index contributed by atoms with van der Waals surface area (Å²) in [6, 6.07) is 4.38. The number of thiazole rings is 1. The van der Waals surface area contributed by atoms with Gasteiger partial charge in [0.25, 0.3) is 0 Å². The number of likely N-dealkylation sites (tertiary alicyclic amines) is 1. The Morgan fingerprint density at radius 2 is 2.06 bits per heavy atom. The second-order valence-electron chi connectivity index (χ2n) is 8.32. The number of hydrogen-bond donors (Lipinski definition) is 1. The zero-order chi connectivity index (χ0) is 21.6. The number of carbonyl (C=O) groups is 1. The number of amides is 1. The fraction of sp³-hybridized carbons (Fsp3) is 0.522. The summed E-state index contributed by atoms with van der Waals surface area (Å²) in [5.74, 6) is 1.43. The second kappa shape index (κ2) is 10.3. The smallest absolute Gasteiger partial charge is 0.245 e. The number of carbonyl (C=O) groups excluding carboxylic acids is 1. The molecule has 1 amide bonds. The Balaban J connectivity index is 1.47. The number of rotatable bonds is 7. The van der Waals surface area contributed by atoms with Crippen LogP contribution in [0.5, 0.6) is 0 Å². The molecule has 0 bridgehead atoms. The zero-order valence-corrected chi connectivity index (χ0v) is 19.0. The van der Waals surface area contributed by atoms with Crippen molar-refractivity contribution in [2.45, 2.75) is 32.7 Å². The van der Waals surface area contributed by atoms with E-state index in [1.165, 1.54) is 16.5 Å². The number of piperidine rings is 1. The number of anilines is 2. The molecule has 0 saturated carbocycles. The first-order valence-electron chi connectivity index (χ1n) is 11.0. The molecule has 4 heterocycles. The first-order chi connectivity index (χ1) is 15.1. The first kappa shape index (κ1) is 21.9. The predicted octanol–water partition coefficient (Wildman–Crippen LogP) is 3.39. The lowest BCUT2D eigenvalue weighted by Gasteiger charge is -2.31. The van der Waals surface area contributed by atoms with E-state index in [0.29, 0.717) is 5.92 Å². The van der Waals surface area contributed by atoms with Crippen LogP contribution in [0.2, 0.25) is 0 Å². The highest BCUT2D eigenvalue weighted by Crippen LogP contribution is 2.26. The van der Waals surface area contributed by atoms with Gasteiger partial charge >= 0.3 is 0 Å². The predicted molar refractivity (Wildman–Crippen MR) is 124 cm³/mol. The molecule has 2 saturated heterocycles. The quantitative estimate of drug-likeness (QED) is 0.664. The van der Waals surface area contributed by atoms with E-state index in [9.17, 15) is 4.79 Å². The van der Waals surface area contributed by atoms with Gasteiger partial charge in [-0.05, 0) is 55.9 Å². The fourth-order valence-corrected chi connectivity index (χ4v) is 4.90. The van der Waals surface area contributed by atoms with Gasteiger partial charge in [-0.2, -0.15) is 0 Å². The summed E-state index contributed by atoms with van der Waals surface area (Å²) < 4.78 is 5.49. The molecule has 0 aromatic carbocycles. The fourth-order valence-electron chi connectivity index (χ4n) is 4.23. The van der Waals surface area contributed by atoms with E-state index in [0.717, 1.165) is 81.8 Å². The summed E-state index contributed by atoms with van der Waals surface area (Å²) in [4.78, 5) is 26.7. The van der Waals surface area contributed by atoms with Crippen molar-refractivity contribution in [3.8, 4) is 0 Å². The van der Waals surface area contributed by atoms with Gasteiger partial charge in [0.2, 0.25) is 5.91 Å². The molecule has 31 heavy (non-hydrogen) atoms. The third-order valence-electron chi connectivity index (χ3n) is 5.90. The van der Waals surface area contributed by atoms with E-state index >= 15 is 0 Å². The van der Waals surface area contributed by atoms with Gasteiger partial charge in [0.05, 0.1) is 13.2 Å². The van der Waals surface area contributed by atoms with Gasteiger partial charge in [0.1, 0.15) is 5.82 Å². The van der Waals surface area contributed by atoms with Crippen LogP contribution < -0.4 is 5.32 Å². The van der Waals surface area contributed by atoms with Crippen LogP contribution >= 0.6 is 11.3 Å². The molecule has 8 heteroatoms. The lowest BCUT2D eigenvalue weighted by atomic mass is 9.91. The van der Waals surface area contributed by atoms with Crippen LogP contribution in [0.1, 0.15) is 29.0 Å². The lowest BCUT2D eigenvalue weighted by Crippen LogP contribution is -2.38. The first-order valence-corrected chi connectivity index (χ1v) is 11.8. The molecule has 7 nitrogen and oxygen atoms in total. The van der Waals surface area contributed by atoms with Crippen molar-refractivity contribution in [3.63, 3.8) is 0 Å². The minimum atomic E-state index is 0.0364. The summed E-state index contributed by atoms with van der Waals surface area (Å²) in [5, 5.41) is 4.27. The van der Waals surface area contributed by atoms with Crippen molar-refractivity contribution in [3.05, 3.63) is 47.1 Å². The van der Waals surface area contributed by atoms with Gasteiger partial charge in [-0.3, -0.25) is 9.69 Å². The number of morpholine rings is 1. The molecule has 0 unspecified atom stereocenters. The van der Waals surface area contributed by atoms with Crippen molar-refractivity contribution in [2.75, 3.05) is 44.7 Å². The van der Waals surface area contributed by atoms with Crippen LogP contribution in [0.3, 0.4) is 0 Å². The molecule has 2 aliphatic rings. The van der Waals surface area contributed by atoms with E-state index in [4.69, 9.17) is 9.72 Å². The third-order valence-corrected chi connectivity index (χ3v) is 6.73. The Morgan fingerprint density at radius 1 is 1.29 bits per heavy atom. The number of aryl methyl sites for hydroxylation is 1. The number of pyridine rings is 1. The maximum absolute atomic E-state index is 11.9. The minimum Gasteiger partial charge on any atom is -0.379 e. The van der Waals surface area contributed by atoms with Gasteiger partial charge in [0, 0.05) is 49.5 Å². The standard InChI is InChI=1S/C23H31N5O2S/c1-3-22(29)28-6-4-18(5-7-28)12-20-13-19(16-27-8-10-30-11-9-27)14-21(25-20)26-23-24-15-17(2)31-23/h3,13-15,18H,1,4-12,16H2,2H3,(H,24,25,26). The van der Waals surface area contributed by atoms with E-state index in [2.05, 4.69) is 40.8 Å². The summed E-state index contributed by atoms with van der Waals surface area (Å²) in [6.07, 6.45) is 6.23. The molecule has 0 radical (unpaired) electrons. The van der Waals surface area contributed by atoms with E-state index in [1.54, 1.807) is 11.3 Å².